The fourth-order valence-electron chi connectivity index (χ4n) is 4.08. The Bertz CT molecular complexity index is 1070. The molecule has 10 heteroatoms. The van der Waals surface area contributed by atoms with Crippen molar-refractivity contribution in [1.82, 2.24) is 14.9 Å². The Morgan fingerprint density at radius 3 is 2.86 bits per heavy atom. The van der Waals surface area contributed by atoms with Crippen molar-refractivity contribution in [1.29, 1.82) is 0 Å². The number of hydrogen-bond donors (Lipinski definition) is 1. The first kappa shape index (κ1) is 19.9. The monoisotopic (exact) mass is 441 g/mol. The lowest BCUT2D eigenvalue weighted by Crippen LogP contribution is -2.42. The third kappa shape index (κ3) is 3.86. The van der Waals surface area contributed by atoms with Crippen molar-refractivity contribution in [3.05, 3.63) is 20.8 Å². The third-order valence-electron chi connectivity index (χ3n) is 5.45. The van der Waals surface area contributed by atoms with Gasteiger partial charge in [-0.05, 0) is 44.6 Å². The molecule has 152 valence electrons. The number of rotatable bonds is 5. The van der Waals surface area contributed by atoms with Gasteiger partial charge in [-0.2, -0.15) is 0 Å². The Morgan fingerprint density at radius 2 is 2.14 bits per heavy atom. The van der Waals surface area contributed by atoms with Crippen molar-refractivity contribution >= 4 is 49.1 Å². The minimum Gasteiger partial charge on any atom is -0.338 e. The minimum absolute atomic E-state index is 0.0407. The molecule has 4 rings (SSSR count). The molecule has 1 atom stereocenters. The van der Waals surface area contributed by atoms with Crippen LogP contribution in [0.5, 0.6) is 0 Å². The van der Waals surface area contributed by atoms with Gasteiger partial charge >= 0.3 is 0 Å². The molecule has 1 saturated heterocycles. The van der Waals surface area contributed by atoms with Gasteiger partial charge in [-0.3, -0.25) is 9.59 Å². The van der Waals surface area contributed by atoms with E-state index < -0.39 is 9.84 Å². The zero-order chi connectivity index (χ0) is 19.9. The lowest BCUT2D eigenvalue weighted by Gasteiger charge is -2.26. The molecule has 1 fully saturated rings. The van der Waals surface area contributed by atoms with Gasteiger partial charge in [0.15, 0.2) is 15.0 Å². The number of fused-ring (bicyclic) bond motifs is 3. The summed E-state index contributed by atoms with van der Waals surface area (Å²) >= 11 is 2.79. The summed E-state index contributed by atoms with van der Waals surface area (Å²) in [6.07, 6.45) is 4.69. The second-order valence-electron chi connectivity index (χ2n) is 7.29. The van der Waals surface area contributed by atoms with Crippen molar-refractivity contribution in [2.45, 2.75) is 50.2 Å². The number of H-pyrrole nitrogens is 1. The summed E-state index contributed by atoms with van der Waals surface area (Å²) in [6, 6.07) is -0.249. The van der Waals surface area contributed by atoms with E-state index in [0.29, 0.717) is 23.5 Å². The van der Waals surface area contributed by atoms with Crippen LogP contribution in [0.3, 0.4) is 0 Å². The van der Waals surface area contributed by atoms with E-state index in [2.05, 4.69) is 9.97 Å². The first-order valence-corrected chi connectivity index (χ1v) is 13.2. The van der Waals surface area contributed by atoms with Crippen LogP contribution in [0.25, 0.3) is 10.2 Å². The number of carbonyl (C=O) groups is 1. The summed E-state index contributed by atoms with van der Waals surface area (Å²) in [6.45, 7) is 2.33. The molecule has 1 amide bonds. The molecule has 0 saturated carbocycles. The van der Waals surface area contributed by atoms with Gasteiger partial charge in [-0.1, -0.05) is 11.8 Å². The summed E-state index contributed by atoms with van der Waals surface area (Å²) in [5, 5.41) is 1.15. The highest BCUT2D eigenvalue weighted by atomic mass is 32.2. The van der Waals surface area contributed by atoms with Crippen LogP contribution in [0.2, 0.25) is 0 Å². The Hall–Kier alpha value is -1.39. The number of sulfone groups is 1. The van der Waals surface area contributed by atoms with Gasteiger partial charge in [0.25, 0.3) is 5.56 Å². The molecule has 0 radical (unpaired) electrons. The molecule has 7 nitrogen and oxygen atoms in total. The highest BCUT2D eigenvalue weighted by molar-refractivity contribution is 7.99. The number of thiophene rings is 1. The molecule has 1 aliphatic heterocycles. The number of hydrogen-bond acceptors (Lipinski definition) is 7. The normalized spacial score (nSPS) is 21.0. The number of aromatic nitrogens is 2. The Labute approximate surface area is 171 Å². The molecule has 2 aromatic heterocycles. The molecular formula is C18H23N3O4S3. The van der Waals surface area contributed by atoms with E-state index in [9.17, 15) is 18.0 Å². The van der Waals surface area contributed by atoms with Crippen LogP contribution in [0.1, 0.15) is 36.6 Å². The first-order valence-electron chi connectivity index (χ1n) is 9.55. The molecule has 1 unspecified atom stereocenters. The average Bonchev–Trinajstić information content (AvgIpc) is 3.20. The van der Waals surface area contributed by atoms with Gasteiger partial charge in [0.05, 0.1) is 22.6 Å². The molecular weight excluding hydrogens is 418 g/mol. The summed E-state index contributed by atoms with van der Waals surface area (Å²) in [4.78, 5) is 36.3. The number of aryl methyl sites for hydroxylation is 2. The van der Waals surface area contributed by atoms with E-state index in [4.69, 9.17) is 0 Å². The molecule has 1 N–H and O–H groups in total. The van der Waals surface area contributed by atoms with Gasteiger partial charge in [0.1, 0.15) is 4.83 Å². The second kappa shape index (κ2) is 7.79. The molecule has 0 aromatic carbocycles. The van der Waals surface area contributed by atoms with E-state index in [1.165, 1.54) is 16.6 Å². The molecule has 28 heavy (non-hydrogen) atoms. The number of nitrogens with one attached hydrogen (secondary N) is 1. The zero-order valence-electron chi connectivity index (χ0n) is 15.7. The van der Waals surface area contributed by atoms with Crippen molar-refractivity contribution in [2.24, 2.45) is 0 Å². The first-order chi connectivity index (χ1) is 13.4. The number of amides is 1. The van der Waals surface area contributed by atoms with Crippen molar-refractivity contribution in [3.63, 3.8) is 0 Å². The average molecular weight is 442 g/mol. The highest BCUT2D eigenvalue weighted by Crippen LogP contribution is 2.34. The summed E-state index contributed by atoms with van der Waals surface area (Å²) < 4.78 is 23.4. The smallest absolute Gasteiger partial charge is 0.260 e. The van der Waals surface area contributed by atoms with Gasteiger partial charge in [0.2, 0.25) is 5.91 Å². The predicted molar refractivity (Wildman–Crippen MR) is 112 cm³/mol. The van der Waals surface area contributed by atoms with Crippen molar-refractivity contribution < 1.29 is 13.2 Å². The second-order valence-corrected chi connectivity index (χ2v) is 11.6. The third-order valence-corrected chi connectivity index (χ3v) is 9.24. The minimum atomic E-state index is -3.04. The number of aromatic amines is 1. The lowest BCUT2D eigenvalue weighted by atomic mass is 9.97. The molecule has 1 aliphatic carbocycles. The van der Waals surface area contributed by atoms with Crippen molar-refractivity contribution in [3.8, 4) is 0 Å². The Kier molecular flexibility index (Phi) is 5.54. The SMILES string of the molecule is CCN(C(=O)CSc1nc2sc3c(c2c(=O)[nH]1)CCCC3)C1CCS(=O)(=O)C1. The van der Waals surface area contributed by atoms with Gasteiger partial charge < -0.3 is 9.88 Å². The zero-order valence-corrected chi connectivity index (χ0v) is 18.1. The van der Waals surface area contributed by atoms with Crippen LogP contribution in [0.4, 0.5) is 0 Å². The molecule has 0 bridgehead atoms. The van der Waals surface area contributed by atoms with Gasteiger partial charge in [-0.15, -0.1) is 11.3 Å². The maximum absolute atomic E-state index is 12.6. The molecule has 3 heterocycles. The summed E-state index contributed by atoms with van der Waals surface area (Å²) in [5.41, 5.74) is 1.01. The van der Waals surface area contributed by atoms with Crippen LogP contribution in [-0.4, -0.2) is 59.0 Å². The fraction of sp³-hybridized carbons (Fsp3) is 0.611. The lowest BCUT2D eigenvalue weighted by molar-refractivity contribution is -0.129. The summed E-state index contributed by atoms with van der Waals surface area (Å²) in [7, 11) is -3.04. The number of carbonyl (C=O) groups excluding carboxylic acids is 1. The van der Waals surface area contributed by atoms with Gasteiger partial charge in [-0.25, -0.2) is 13.4 Å². The van der Waals surface area contributed by atoms with Crippen LogP contribution >= 0.6 is 23.1 Å². The van der Waals surface area contributed by atoms with E-state index in [-0.39, 0.29) is 34.8 Å². The maximum Gasteiger partial charge on any atom is 0.260 e. The number of nitrogens with zero attached hydrogens (tertiary/aromatic N) is 2. The van der Waals surface area contributed by atoms with Crippen LogP contribution in [-0.2, 0) is 27.5 Å². The Balaban J connectivity index is 1.49. The molecule has 2 aliphatic rings. The standard InChI is InChI=1S/C18H23N3O4S3/c1-2-21(11-7-8-28(24,25)10-11)14(22)9-26-18-19-16(23)15-12-5-3-4-6-13(12)27-17(15)20-18/h11H,2-10H2,1H3,(H,19,20,23). The van der Waals surface area contributed by atoms with E-state index in [0.717, 1.165) is 36.1 Å². The number of thioether (sulfide) groups is 1. The maximum atomic E-state index is 12.6. The van der Waals surface area contributed by atoms with E-state index in [1.807, 2.05) is 6.92 Å². The fourth-order valence-corrected chi connectivity index (χ4v) is 7.88. The van der Waals surface area contributed by atoms with Gasteiger partial charge in [0, 0.05) is 17.5 Å². The van der Waals surface area contributed by atoms with E-state index in [1.54, 1.807) is 16.2 Å². The summed E-state index contributed by atoms with van der Waals surface area (Å²) in [5.74, 6) is 0.189. The van der Waals surface area contributed by atoms with Crippen LogP contribution in [0.15, 0.2) is 9.95 Å². The topological polar surface area (TPSA) is 100 Å². The quantitative estimate of drug-likeness (QED) is 0.563. The Morgan fingerprint density at radius 1 is 1.36 bits per heavy atom. The largest absolute Gasteiger partial charge is 0.338 e. The molecule has 0 spiro atoms. The van der Waals surface area contributed by atoms with Crippen LogP contribution in [0, 0.1) is 0 Å². The van der Waals surface area contributed by atoms with Crippen LogP contribution < -0.4 is 5.56 Å². The predicted octanol–water partition coefficient (Wildman–Crippen LogP) is 1.99. The van der Waals surface area contributed by atoms with Crippen molar-refractivity contribution in [2.75, 3.05) is 23.8 Å². The highest BCUT2D eigenvalue weighted by Gasteiger charge is 2.33. The molecule has 2 aromatic rings. The van der Waals surface area contributed by atoms with E-state index >= 15 is 0 Å².